The summed E-state index contributed by atoms with van der Waals surface area (Å²) < 4.78 is 2.55. The molecule has 37 heavy (non-hydrogen) atoms. The molecule has 8 aromatic rings. The van der Waals surface area contributed by atoms with Gasteiger partial charge < -0.3 is 9.97 Å². The number of pyridine rings is 1. The van der Waals surface area contributed by atoms with Crippen molar-refractivity contribution in [3.05, 3.63) is 78.5 Å². The lowest BCUT2D eigenvalue weighted by Crippen LogP contribution is -1.88. The van der Waals surface area contributed by atoms with Crippen molar-refractivity contribution < 1.29 is 0 Å². The molecule has 2 N–H and O–H groups in total. The quantitative estimate of drug-likeness (QED) is 0.235. The summed E-state index contributed by atoms with van der Waals surface area (Å²) in [5.74, 6) is 2.34. The minimum Gasteiger partial charge on any atom is -0.342 e. The van der Waals surface area contributed by atoms with Crippen LogP contribution in [0.4, 0.5) is 0 Å². The Morgan fingerprint density at radius 1 is 0.730 bits per heavy atom. The summed E-state index contributed by atoms with van der Waals surface area (Å²) in [6.07, 6.45) is 1.86. The number of hydrogen-bond acceptors (Lipinski definition) is 4. The predicted molar refractivity (Wildman–Crippen MR) is 156 cm³/mol. The third-order valence-electron chi connectivity index (χ3n) is 7.40. The maximum atomic E-state index is 4.81. The van der Waals surface area contributed by atoms with E-state index in [2.05, 4.69) is 78.4 Å². The molecule has 0 spiro atoms. The fourth-order valence-electron chi connectivity index (χ4n) is 5.58. The first-order valence-corrected chi connectivity index (χ1v) is 13.4. The Kier molecular flexibility index (Phi) is 4.15. The highest BCUT2D eigenvalue weighted by molar-refractivity contribution is 7.25. The Morgan fingerprint density at radius 3 is 2.41 bits per heavy atom. The Labute approximate surface area is 216 Å². The van der Waals surface area contributed by atoms with Gasteiger partial charge in [-0.2, -0.15) is 0 Å². The minimum absolute atomic E-state index is 0.382. The van der Waals surface area contributed by atoms with Crippen molar-refractivity contribution in [3.8, 4) is 11.1 Å². The summed E-state index contributed by atoms with van der Waals surface area (Å²) in [7, 11) is 0. The maximum absolute atomic E-state index is 4.81. The first-order valence-electron chi connectivity index (χ1n) is 12.6. The van der Waals surface area contributed by atoms with E-state index in [1.165, 1.54) is 31.3 Å². The van der Waals surface area contributed by atoms with Gasteiger partial charge in [0, 0.05) is 48.4 Å². The summed E-state index contributed by atoms with van der Waals surface area (Å²) in [5, 5.41) is 5.94. The minimum atomic E-state index is 0.382. The number of thiophene rings is 1. The molecular weight excluding hydrogens is 474 g/mol. The Morgan fingerprint density at radius 2 is 1.54 bits per heavy atom. The molecule has 0 radical (unpaired) electrons. The molecule has 0 aliphatic rings. The van der Waals surface area contributed by atoms with Gasteiger partial charge in [-0.05, 0) is 54.4 Å². The normalized spacial score (nSPS) is 12.4. The summed E-state index contributed by atoms with van der Waals surface area (Å²) in [4.78, 5) is 21.3. The van der Waals surface area contributed by atoms with Crippen LogP contribution in [-0.2, 0) is 0 Å². The van der Waals surface area contributed by atoms with Crippen LogP contribution < -0.4 is 0 Å². The molecule has 0 amide bonds. The van der Waals surface area contributed by atoms with E-state index < -0.39 is 0 Å². The molecule has 0 saturated heterocycles. The summed E-state index contributed by atoms with van der Waals surface area (Å²) in [5.41, 5.74) is 7.58. The fraction of sp³-hybridized carbons (Fsp3) is 0.129. The summed E-state index contributed by atoms with van der Waals surface area (Å²) in [6, 6.07) is 22.1. The topological polar surface area (TPSA) is 70.2 Å². The molecule has 0 fully saturated rings. The smallest absolute Gasteiger partial charge is 0.109 e. The van der Waals surface area contributed by atoms with Crippen LogP contribution in [-0.4, -0.2) is 24.9 Å². The van der Waals surface area contributed by atoms with Gasteiger partial charge in [0.25, 0.3) is 0 Å². The van der Waals surface area contributed by atoms with Crippen LogP contribution in [0.1, 0.15) is 31.4 Å². The average molecular weight is 498 g/mol. The highest BCUT2D eigenvalue weighted by Gasteiger charge is 2.15. The molecule has 4 heterocycles. The van der Waals surface area contributed by atoms with Crippen LogP contribution in [0, 0.1) is 6.92 Å². The molecule has 0 unspecified atom stereocenters. The van der Waals surface area contributed by atoms with E-state index >= 15 is 0 Å². The van der Waals surface area contributed by atoms with Gasteiger partial charge in [0.05, 0.1) is 27.6 Å². The van der Waals surface area contributed by atoms with Crippen molar-refractivity contribution in [1.29, 1.82) is 0 Å². The van der Waals surface area contributed by atoms with Gasteiger partial charge in [0.2, 0.25) is 0 Å². The molecule has 4 aromatic carbocycles. The molecule has 0 aliphatic heterocycles. The lowest BCUT2D eigenvalue weighted by molar-refractivity contribution is 0.799. The molecule has 6 heteroatoms. The lowest BCUT2D eigenvalue weighted by Gasteiger charge is -2.08. The Bertz CT molecular complexity index is 2200. The van der Waals surface area contributed by atoms with Crippen LogP contribution in [0.25, 0.3) is 75.0 Å². The van der Waals surface area contributed by atoms with Gasteiger partial charge in [-0.15, -0.1) is 11.3 Å². The number of hydrogen-bond donors (Lipinski definition) is 2. The van der Waals surface area contributed by atoms with E-state index in [1.54, 1.807) is 0 Å². The van der Waals surface area contributed by atoms with E-state index in [9.17, 15) is 0 Å². The van der Waals surface area contributed by atoms with Gasteiger partial charge in [-0.3, -0.25) is 4.98 Å². The summed E-state index contributed by atoms with van der Waals surface area (Å²) >= 11 is 1.83. The first kappa shape index (κ1) is 20.9. The second-order valence-corrected chi connectivity index (χ2v) is 11.2. The van der Waals surface area contributed by atoms with Gasteiger partial charge in [0.1, 0.15) is 11.6 Å². The zero-order chi connectivity index (χ0) is 24.8. The highest BCUT2D eigenvalue weighted by atomic mass is 32.1. The largest absolute Gasteiger partial charge is 0.342 e. The number of nitrogens with zero attached hydrogens (tertiary/aromatic N) is 3. The number of benzene rings is 4. The molecule has 8 rings (SSSR count). The third-order valence-corrected chi connectivity index (χ3v) is 8.52. The highest BCUT2D eigenvalue weighted by Crippen LogP contribution is 2.40. The van der Waals surface area contributed by atoms with Crippen LogP contribution in [0.2, 0.25) is 0 Å². The van der Waals surface area contributed by atoms with Crippen molar-refractivity contribution in [1.82, 2.24) is 24.9 Å². The van der Waals surface area contributed by atoms with E-state index in [1.807, 2.05) is 30.5 Å². The zero-order valence-electron chi connectivity index (χ0n) is 20.7. The van der Waals surface area contributed by atoms with Gasteiger partial charge in [-0.25, -0.2) is 9.97 Å². The van der Waals surface area contributed by atoms with Crippen LogP contribution >= 0.6 is 11.3 Å². The Hall–Kier alpha value is -4.29. The molecule has 0 bridgehead atoms. The van der Waals surface area contributed by atoms with Crippen molar-refractivity contribution in [3.63, 3.8) is 0 Å². The van der Waals surface area contributed by atoms with E-state index in [0.29, 0.717) is 5.92 Å². The number of aryl methyl sites for hydroxylation is 1. The van der Waals surface area contributed by atoms with Crippen molar-refractivity contribution in [2.45, 2.75) is 26.7 Å². The number of H-pyrrole nitrogens is 2. The molecule has 5 nitrogen and oxygen atoms in total. The third kappa shape index (κ3) is 2.99. The van der Waals surface area contributed by atoms with Crippen LogP contribution in [0.3, 0.4) is 0 Å². The molecular formula is C31H23N5S. The maximum Gasteiger partial charge on any atom is 0.109 e. The van der Waals surface area contributed by atoms with Gasteiger partial charge in [-0.1, -0.05) is 38.1 Å². The van der Waals surface area contributed by atoms with Gasteiger partial charge >= 0.3 is 0 Å². The molecule has 0 atom stereocenters. The number of aromatic nitrogens is 5. The van der Waals surface area contributed by atoms with Crippen molar-refractivity contribution in [2.24, 2.45) is 0 Å². The molecule has 0 saturated carbocycles. The number of imidazole rings is 2. The SMILES string of the molecule is Cc1nc2c3cccnc3c3cc(-c4ccc5c(c4)sc4cc6nc(C(C)C)[nH]c6cc45)ccc3c2[nH]1. The van der Waals surface area contributed by atoms with E-state index in [0.717, 1.165) is 55.4 Å². The first-order chi connectivity index (χ1) is 18.0. The molecule has 4 aromatic heterocycles. The van der Waals surface area contributed by atoms with Crippen molar-refractivity contribution in [2.75, 3.05) is 0 Å². The molecule has 178 valence electrons. The second kappa shape index (κ2) is 7.37. The van der Waals surface area contributed by atoms with Crippen LogP contribution in [0.15, 0.2) is 66.9 Å². The number of aromatic amines is 2. The second-order valence-electron chi connectivity index (χ2n) is 10.2. The molecule has 0 aliphatic carbocycles. The van der Waals surface area contributed by atoms with Crippen LogP contribution in [0.5, 0.6) is 0 Å². The zero-order valence-corrected chi connectivity index (χ0v) is 21.5. The monoisotopic (exact) mass is 497 g/mol. The summed E-state index contributed by atoms with van der Waals surface area (Å²) in [6.45, 7) is 6.34. The Balaban J connectivity index is 1.33. The average Bonchev–Trinajstić information content (AvgIpc) is 3.61. The lowest BCUT2D eigenvalue weighted by atomic mass is 9.97. The number of fused-ring (bicyclic) bond motifs is 10. The van der Waals surface area contributed by atoms with E-state index in [4.69, 9.17) is 15.0 Å². The number of nitrogens with one attached hydrogen (secondary N) is 2. The predicted octanol–water partition coefficient (Wildman–Crippen LogP) is 8.61. The van der Waals surface area contributed by atoms with Gasteiger partial charge in [0.15, 0.2) is 0 Å². The van der Waals surface area contributed by atoms with E-state index in [-0.39, 0.29) is 0 Å². The fourth-order valence-corrected chi connectivity index (χ4v) is 6.74. The standard InChI is InChI=1S/C31H23N5S/c1-15(2)31-35-24-13-22-19-8-6-18(12-26(19)37-27(22)14-25(24)36-31)17-7-9-20-23(11-17)28-21(5-4-10-32-28)30-29(20)33-16(3)34-30/h4-15H,1-3H3,(H,33,34)(H,35,36). The van der Waals surface area contributed by atoms with Crippen molar-refractivity contribution >= 4 is 75.3 Å². The number of rotatable bonds is 2.